The van der Waals surface area contributed by atoms with Gasteiger partial charge in [0.2, 0.25) is 0 Å². The minimum Gasteiger partial charge on any atom is -0.467 e. The van der Waals surface area contributed by atoms with E-state index in [0.29, 0.717) is 5.56 Å². The van der Waals surface area contributed by atoms with Crippen molar-refractivity contribution in [2.24, 2.45) is 0 Å². The third-order valence-corrected chi connectivity index (χ3v) is 4.26. The van der Waals surface area contributed by atoms with Crippen LogP contribution in [0.4, 0.5) is 10.7 Å². The molecule has 0 amide bonds. The van der Waals surface area contributed by atoms with Gasteiger partial charge in [-0.1, -0.05) is 30.3 Å². The van der Waals surface area contributed by atoms with Crippen molar-refractivity contribution < 1.29 is 19.2 Å². The summed E-state index contributed by atoms with van der Waals surface area (Å²) < 4.78 is 4.76. The Hall–Kier alpha value is -2.74. The number of nitrogens with zero attached hydrogens (tertiary/aromatic N) is 1. The molecule has 1 unspecified atom stereocenters. The highest BCUT2D eigenvalue weighted by Gasteiger charge is 2.27. The van der Waals surface area contributed by atoms with Gasteiger partial charge in [-0.2, -0.15) is 0 Å². The molecule has 1 heterocycles. The maximum Gasteiger partial charge on any atom is 0.333 e. The number of hydrogen-bond donors (Lipinski definition) is 1. The fourth-order valence-corrected chi connectivity index (χ4v) is 2.92. The van der Waals surface area contributed by atoms with Gasteiger partial charge in [0.05, 0.1) is 16.9 Å². The van der Waals surface area contributed by atoms with Gasteiger partial charge < -0.3 is 10.1 Å². The van der Waals surface area contributed by atoms with Gasteiger partial charge in [0, 0.05) is 6.07 Å². The number of nitro groups is 1. The van der Waals surface area contributed by atoms with Crippen LogP contribution in [0.2, 0.25) is 0 Å². The van der Waals surface area contributed by atoms with Crippen molar-refractivity contribution in [2.75, 3.05) is 12.4 Å². The standard InChI is InChI=1S/C15H14N2O5S/c1-9(18)12-8-11(17(20)21)14(23-12)16-13(15(19)22-2)10-6-4-3-5-7-10/h3-8,13,16H,1-2H3. The lowest BCUT2D eigenvalue weighted by molar-refractivity contribution is -0.383. The van der Waals surface area contributed by atoms with Crippen molar-refractivity contribution in [3.8, 4) is 0 Å². The van der Waals surface area contributed by atoms with Crippen LogP contribution in [0, 0.1) is 10.1 Å². The minimum atomic E-state index is -0.904. The highest BCUT2D eigenvalue weighted by molar-refractivity contribution is 7.18. The number of carbonyl (C=O) groups is 2. The van der Waals surface area contributed by atoms with E-state index in [1.54, 1.807) is 30.3 Å². The summed E-state index contributed by atoms with van der Waals surface area (Å²) >= 11 is 0.937. The second-order valence-electron chi connectivity index (χ2n) is 4.65. The summed E-state index contributed by atoms with van der Waals surface area (Å²) in [5.41, 5.74) is 0.358. The predicted molar refractivity (Wildman–Crippen MR) is 85.8 cm³/mol. The van der Waals surface area contributed by atoms with Crippen LogP contribution in [-0.2, 0) is 9.53 Å². The van der Waals surface area contributed by atoms with Crippen LogP contribution < -0.4 is 5.32 Å². The molecule has 2 aromatic rings. The number of thiophene rings is 1. The van der Waals surface area contributed by atoms with Crippen molar-refractivity contribution in [3.05, 3.63) is 57.0 Å². The van der Waals surface area contributed by atoms with Crippen molar-refractivity contribution in [3.63, 3.8) is 0 Å². The molecular formula is C15H14N2O5S. The topological polar surface area (TPSA) is 98.5 Å². The molecule has 23 heavy (non-hydrogen) atoms. The van der Waals surface area contributed by atoms with E-state index >= 15 is 0 Å². The number of benzene rings is 1. The van der Waals surface area contributed by atoms with Gasteiger partial charge in [0.1, 0.15) is 0 Å². The number of Topliss-reactive ketones (excluding diaryl/α,β-unsaturated/α-hetero) is 1. The van der Waals surface area contributed by atoms with Gasteiger partial charge in [0.15, 0.2) is 16.8 Å². The Morgan fingerprint density at radius 3 is 2.48 bits per heavy atom. The van der Waals surface area contributed by atoms with E-state index in [1.165, 1.54) is 20.1 Å². The van der Waals surface area contributed by atoms with Crippen molar-refractivity contribution >= 4 is 33.8 Å². The molecule has 0 aliphatic rings. The number of anilines is 1. The SMILES string of the molecule is COC(=O)C(Nc1sc(C(C)=O)cc1[N+](=O)[O-])c1ccccc1. The summed E-state index contributed by atoms with van der Waals surface area (Å²) in [5.74, 6) is -0.858. The molecule has 0 saturated heterocycles. The van der Waals surface area contributed by atoms with Gasteiger partial charge in [-0.05, 0) is 12.5 Å². The fraction of sp³-hybridized carbons (Fsp3) is 0.200. The largest absolute Gasteiger partial charge is 0.467 e. The Labute approximate surface area is 136 Å². The highest BCUT2D eigenvalue weighted by Crippen LogP contribution is 2.37. The van der Waals surface area contributed by atoms with E-state index in [1.807, 2.05) is 0 Å². The summed E-state index contributed by atoms with van der Waals surface area (Å²) in [4.78, 5) is 34.3. The first-order valence-corrected chi connectivity index (χ1v) is 7.44. The number of esters is 1. The lowest BCUT2D eigenvalue weighted by Gasteiger charge is -2.16. The first-order chi connectivity index (χ1) is 10.9. The summed E-state index contributed by atoms with van der Waals surface area (Å²) in [6, 6.07) is 9.00. The van der Waals surface area contributed by atoms with Crippen LogP contribution in [0.25, 0.3) is 0 Å². The quantitative estimate of drug-likeness (QED) is 0.377. The molecule has 0 saturated carbocycles. The van der Waals surface area contributed by atoms with Gasteiger partial charge in [-0.3, -0.25) is 14.9 Å². The van der Waals surface area contributed by atoms with Crippen LogP contribution in [0.3, 0.4) is 0 Å². The van der Waals surface area contributed by atoms with Crippen LogP contribution in [0.15, 0.2) is 36.4 Å². The Morgan fingerprint density at radius 1 is 1.30 bits per heavy atom. The van der Waals surface area contributed by atoms with E-state index in [4.69, 9.17) is 4.74 Å². The number of ketones is 1. The third kappa shape index (κ3) is 3.72. The summed E-state index contributed by atoms with van der Waals surface area (Å²) in [6.07, 6.45) is 0. The van der Waals surface area contributed by atoms with Gasteiger partial charge in [-0.15, -0.1) is 11.3 Å². The molecule has 0 aliphatic carbocycles. The molecule has 0 bridgehead atoms. The first kappa shape index (κ1) is 16.6. The molecule has 2 rings (SSSR count). The fourth-order valence-electron chi connectivity index (χ4n) is 1.97. The molecule has 0 aliphatic heterocycles. The van der Waals surface area contributed by atoms with E-state index < -0.39 is 16.9 Å². The second-order valence-corrected chi connectivity index (χ2v) is 5.70. The lowest BCUT2D eigenvalue weighted by Crippen LogP contribution is -2.22. The van der Waals surface area contributed by atoms with Crippen LogP contribution in [-0.4, -0.2) is 23.8 Å². The van der Waals surface area contributed by atoms with Crippen LogP contribution >= 0.6 is 11.3 Å². The molecule has 1 N–H and O–H groups in total. The van der Waals surface area contributed by atoms with E-state index in [0.717, 1.165) is 11.3 Å². The molecule has 8 heteroatoms. The van der Waals surface area contributed by atoms with Gasteiger partial charge in [0.25, 0.3) is 0 Å². The molecule has 7 nitrogen and oxygen atoms in total. The third-order valence-electron chi connectivity index (χ3n) is 3.10. The second kappa shape index (κ2) is 7.01. The van der Waals surface area contributed by atoms with E-state index in [9.17, 15) is 19.7 Å². The molecule has 0 radical (unpaired) electrons. The predicted octanol–water partition coefficient (Wildman–Crippen LogP) is 3.19. The van der Waals surface area contributed by atoms with E-state index in [-0.39, 0.29) is 21.3 Å². The van der Waals surface area contributed by atoms with E-state index in [2.05, 4.69) is 5.32 Å². The van der Waals surface area contributed by atoms with Crippen molar-refractivity contribution in [2.45, 2.75) is 13.0 Å². The number of rotatable bonds is 6. The summed E-state index contributed by atoms with van der Waals surface area (Å²) in [7, 11) is 1.24. The Balaban J connectivity index is 2.42. The molecule has 1 aromatic carbocycles. The number of ether oxygens (including phenoxy) is 1. The zero-order chi connectivity index (χ0) is 17.0. The van der Waals surface area contributed by atoms with Crippen LogP contribution in [0.5, 0.6) is 0 Å². The smallest absolute Gasteiger partial charge is 0.333 e. The zero-order valence-electron chi connectivity index (χ0n) is 12.4. The maximum absolute atomic E-state index is 12.0. The van der Waals surface area contributed by atoms with Crippen molar-refractivity contribution in [1.82, 2.24) is 0 Å². The average Bonchev–Trinajstić information content (AvgIpc) is 2.97. The Morgan fingerprint density at radius 2 is 1.96 bits per heavy atom. The summed E-state index contributed by atoms with van der Waals surface area (Å²) in [5, 5.41) is 14.1. The number of methoxy groups -OCH3 is 1. The molecule has 0 fully saturated rings. The Bertz CT molecular complexity index is 742. The zero-order valence-corrected chi connectivity index (χ0v) is 13.3. The molecular weight excluding hydrogens is 320 g/mol. The van der Waals surface area contributed by atoms with Gasteiger partial charge >= 0.3 is 11.7 Å². The first-order valence-electron chi connectivity index (χ1n) is 6.62. The monoisotopic (exact) mass is 334 g/mol. The minimum absolute atomic E-state index is 0.138. The highest BCUT2D eigenvalue weighted by atomic mass is 32.1. The number of nitrogens with one attached hydrogen (secondary N) is 1. The summed E-state index contributed by atoms with van der Waals surface area (Å²) in [6.45, 7) is 1.33. The average molecular weight is 334 g/mol. The Kier molecular flexibility index (Phi) is 5.07. The number of hydrogen-bond acceptors (Lipinski definition) is 7. The molecule has 0 spiro atoms. The van der Waals surface area contributed by atoms with Gasteiger partial charge in [-0.25, -0.2) is 4.79 Å². The normalized spacial score (nSPS) is 11.6. The van der Waals surface area contributed by atoms with Crippen LogP contribution in [0.1, 0.15) is 28.2 Å². The molecule has 120 valence electrons. The maximum atomic E-state index is 12.0. The number of carbonyl (C=O) groups excluding carboxylic acids is 2. The molecule has 1 atom stereocenters. The lowest BCUT2D eigenvalue weighted by atomic mass is 10.1. The van der Waals surface area contributed by atoms with Crippen molar-refractivity contribution in [1.29, 1.82) is 0 Å². The molecule has 1 aromatic heterocycles.